The van der Waals surface area contributed by atoms with E-state index in [-0.39, 0.29) is 4.90 Å². The predicted molar refractivity (Wildman–Crippen MR) is 83.1 cm³/mol. The SMILES string of the molecule is CCNCc1cc(S(=O)(=O)Nc2ccccc2Br)c[nH]1. The minimum Gasteiger partial charge on any atom is -0.363 e. The van der Waals surface area contributed by atoms with E-state index >= 15 is 0 Å². The van der Waals surface area contributed by atoms with Gasteiger partial charge in [-0.05, 0) is 40.7 Å². The average Bonchev–Trinajstić information content (AvgIpc) is 2.88. The molecule has 20 heavy (non-hydrogen) atoms. The second-order valence-electron chi connectivity index (χ2n) is 4.23. The Labute approximate surface area is 127 Å². The maximum Gasteiger partial charge on any atom is 0.263 e. The maximum absolute atomic E-state index is 12.3. The summed E-state index contributed by atoms with van der Waals surface area (Å²) in [6.45, 7) is 3.44. The standard InChI is InChI=1S/C13H16BrN3O2S/c1-2-15-8-10-7-11(9-16-10)20(18,19)17-13-6-4-3-5-12(13)14/h3-7,9,15-17H,2,8H2,1H3. The van der Waals surface area contributed by atoms with E-state index in [1.807, 2.05) is 13.0 Å². The Morgan fingerprint density at radius 2 is 2.05 bits per heavy atom. The maximum atomic E-state index is 12.3. The van der Waals surface area contributed by atoms with Crippen LogP contribution < -0.4 is 10.0 Å². The summed E-state index contributed by atoms with van der Waals surface area (Å²) >= 11 is 3.32. The van der Waals surface area contributed by atoms with Crippen LogP contribution in [0.1, 0.15) is 12.6 Å². The van der Waals surface area contributed by atoms with Crippen molar-refractivity contribution in [2.24, 2.45) is 0 Å². The van der Waals surface area contributed by atoms with Gasteiger partial charge in [-0.2, -0.15) is 0 Å². The molecule has 1 aromatic heterocycles. The van der Waals surface area contributed by atoms with E-state index in [9.17, 15) is 8.42 Å². The summed E-state index contributed by atoms with van der Waals surface area (Å²) in [6.07, 6.45) is 1.49. The van der Waals surface area contributed by atoms with Gasteiger partial charge < -0.3 is 10.3 Å². The highest BCUT2D eigenvalue weighted by atomic mass is 79.9. The number of halogens is 1. The molecule has 1 heterocycles. The molecule has 0 bridgehead atoms. The minimum atomic E-state index is -3.58. The third-order valence-corrected chi connectivity index (χ3v) is 4.75. The van der Waals surface area contributed by atoms with Gasteiger partial charge in [0.15, 0.2) is 0 Å². The lowest BCUT2D eigenvalue weighted by Crippen LogP contribution is -2.13. The van der Waals surface area contributed by atoms with Gasteiger partial charge in [-0.25, -0.2) is 8.42 Å². The van der Waals surface area contributed by atoms with Crippen LogP contribution in [0.2, 0.25) is 0 Å². The first-order valence-electron chi connectivity index (χ1n) is 6.18. The van der Waals surface area contributed by atoms with E-state index in [0.717, 1.165) is 12.2 Å². The molecule has 0 saturated carbocycles. The molecule has 0 amide bonds. The van der Waals surface area contributed by atoms with Crippen molar-refractivity contribution in [2.45, 2.75) is 18.4 Å². The number of benzene rings is 1. The molecule has 0 fully saturated rings. The fourth-order valence-electron chi connectivity index (χ4n) is 1.68. The lowest BCUT2D eigenvalue weighted by atomic mass is 10.3. The zero-order chi connectivity index (χ0) is 14.6. The van der Waals surface area contributed by atoms with Crippen LogP contribution >= 0.6 is 15.9 Å². The second-order valence-corrected chi connectivity index (χ2v) is 6.76. The average molecular weight is 358 g/mol. The smallest absolute Gasteiger partial charge is 0.263 e. The molecule has 0 saturated heterocycles. The Morgan fingerprint density at radius 3 is 2.75 bits per heavy atom. The van der Waals surface area contributed by atoms with Crippen LogP contribution in [-0.4, -0.2) is 19.9 Å². The van der Waals surface area contributed by atoms with E-state index in [2.05, 4.69) is 31.0 Å². The quantitative estimate of drug-likeness (QED) is 0.743. The molecule has 0 aliphatic heterocycles. The highest BCUT2D eigenvalue weighted by Crippen LogP contribution is 2.24. The van der Waals surface area contributed by atoms with Crippen LogP contribution in [-0.2, 0) is 16.6 Å². The largest absolute Gasteiger partial charge is 0.363 e. The van der Waals surface area contributed by atoms with E-state index in [1.54, 1.807) is 24.3 Å². The van der Waals surface area contributed by atoms with Crippen LogP contribution in [0.15, 0.2) is 45.9 Å². The number of hydrogen-bond donors (Lipinski definition) is 3. The van der Waals surface area contributed by atoms with Gasteiger partial charge >= 0.3 is 0 Å². The van der Waals surface area contributed by atoms with Crippen molar-refractivity contribution >= 4 is 31.6 Å². The van der Waals surface area contributed by atoms with E-state index in [0.29, 0.717) is 16.7 Å². The first-order chi connectivity index (χ1) is 9.53. The van der Waals surface area contributed by atoms with Crippen molar-refractivity contribution in [1.82, 2.24) is 10.3 Å². The molecule has 2 aromatic rings. The lowest BCUT2D eigenvalue weighted by Gasteiger charge is -2.07. The van der Waals surface area contributed by atoms with Gasteiger partial charge in [0.1, 0.15) is 4.90 Å². The van der Waals surface area contributed by atoms with Gasteiger partial charge in [0.25, 0.3) is 10.0 Å². The molecule has 108 valence electrons. The van der Waals surface area contributed by atoms with Gasteiger partial charge in [-0.15, -0.1) is 0 Å². The number of nitrogens with one attached hydrogen (secondary N) is 3. The molecule has 0 aliphatic carbocycles. The topological polar surface area (TPSA) is 74.0 Å². The number of aromatic nitrogens is 1. The van der Waals surface area contributed by atoms with Crippen LogP contribution in [0.3, 0.4) is 0 Å². The Bertz CT molecular complexity index is 682. The molecule has 0 unspecified atom stereocenters. The molecule has 3 N–H and O–H groups in total. The summed E-state index contributed by atoms with van der Waals surface area (Å²) in [6, 6.07) is 8.71. The van der Waals surface area contributed by atoms with Gasteiger partial charge in [0, 0.05) is 22.9 Å². The summed E-state index contributed by atoms with van der Waals surface area (Å²) in [5, 5.41) is 3.13. The minimum absolute atomic E-state index is 0.223. The van der Waals surface area contributed by atoms with Crippen molar-refractivity contribution in [1.29, 1.82) is 0 Å². The number of hydrogen-bond acceptors (Lipinski definition) is 3. The van der Waals surface area contributed by atoms with Crippen molar-refractivity contribution in [2.75, 3.05) is 11.3 Å². The molecule has 0 atom stereocenters. The molecule has 0 radical (unpaired) electrons. The van der Waals surface area contributed by atoms with Gasteiger partial charge in [0.05, 0.1) is 5.69 Å². The molecule has 1 aromatic carbocycles. The normalized spacial score (nSPS) is 11.5. The summed E-state index contributed by atoms with van der Waals surface area (Å²) in [5.74, 6) is 0. The molecule has 0 aliphatic rings. The molecular weight excluding hydrogens is 342 g/mol. The number of sulfonamides is 1. The summed E-state index contributed by atoms with van der Waals surface area (Å²) in [4.78, 5) is 3.18. The highest BCUT2D eigenvalue weighted by Gasteiger charge is 2.17. The highest BCUT2D eigenvalue weighted by molar-refractivity contribution is 9.10. The number of aromatic amines is 1. The molecule has 7 heteroatoms. The van der Waals surface area contributed by atoms with E-state index in [4.69, 9.17) is 0 Å². The van der Waals surface area contributed by atoms with Crippen molar-refractivity contribution in [3.63, 3.8) is 0 Å². The molecule has 2 rings (SSSR count). The van der Waals surface area contributed by atoms with Crippen LogP contribution in [0, 0.1) is 0 Å². The monoisotopic (exact) mass is 357 g/mol. The predicted octanol–water partition coefficient (Wildman–Crippen LogP) is 2.69. The summed E-state index contributed by atoms with van der Waals surface area (Å²) in [7, 11) is -3.58. The Balaban J connectivity index is 2.18. The first kappa shape index (κ1) is 15.1. The number of para-hydroxylation sites is 1. The molecule has 0 spiro atoms. The second kappa shape index (κ2) is 6.43. The molecular formula is C13H16BrN3O2S. The number of rotatable bonds is 6. The van der Waals surface area contributed by atoms with Crippen LogP contribution in [0.4, 0.5) is 5.69 Å². The lowest BCUT2D eigenvalue weighted by molar-refractivity contribution is 0.601. The summed E-state index contributed by atoms with van der Waals surface area (Å²) < 4.78 is 27.8. The van der Waals surface area contributed by atoms with E-state index in [1.165, 1.54) is 6.20 Å². The fraction of sp³-hybridized carbons (Fsp3) is 0.231. The van der Waals surface area contributed by atoms with Crippen LogP contribution in [0.25, 0.3) is 0 Å². The van der Waals surface area contributed by atoms with Gasteiger partial charge in [0.2, 0.25) is 0 Å². The summed E-state index contributed by atoms with van der Waals surface area (Å²) in [5.41, 5.74) is 1.35. The van der Waals surface area contributed by atoms with Crippen molar-refractivity contribution in [3.8, 4) is 0 Å². The Hall–Kier alpha value is -1.31. The third kappa shape index (κ3) is 3.62. The zero-order valence-electron chi connectivity index (χ0n) is 11.0. The van der Waals surface area contributed by atoms with Gasteiger partial charge in [-0.1, -0.05) is 19.1 Å². The number of anilines is 1. The molecule has 5 nitrogen and oxygen atoms in total. The third-order valence-electron chi connectivity index (χ3n) is 2.71. The van der Waals surface area contributed by atoms with Gasteiger partial charge in [-0.3, -0.25) is 4.72 Å². The Kier molecular flexibility index (Phi) is 4.85. The first-order valence-corrected chi connectivity index (χ1v) is 8.46. The van der Waals surface area contributed by atoms with Crippen LogP contribution in [0.5, 0.6) is 0 Å². The van der Waals surface area contributed by atoms with Crippen molar-refractivity contribution in [3.05, 3.63) is 46.7 Å². The zero-order valence-corrected chi connectivity index (χ0v) is 13.4. The van der Waals surface area contributed by atoms with Crippen molar-refractivity contribution < 1.29 is 8.42 Å². The fourth-order valence-corrected chi connectivity index (χ4v) is 3.30. The van der Waals surface area contributed by atoms with E-state index < -0.39 is 10.0 Å². The number of H-pyrrole nitrogens is 1. The Morgan fingerprint density at radius 1 is 1.30 bits per heavy atom.